The van der Waals surface area contributed by atoms with Crippen LogP contribution in [0.25, 0.3) is 0 Å². The second-order valence-corrected chi connectivity index (χ2v) is 15.4. The maximum absolute atomic E-state index is 6.69. The Bertz CT molecular complexity index is 352. The summed E-state index contributed by atoms with van der Waals surface area (Å²) in [4.78, 5) is 0. The molecule has 19 heavy (non-hydrogen) atoms. The van der Waals surface area contributed by atoms with Crippen LogP contribution in [0.2, 0.25) is 18.6 Å². The average Bonchev–Trinajstić information content (AvgIpc) is 2.21. The molecule has 2 atom stereocenters. The summed E-state index contributed by atoms with van der Waals surface area (Å²) in [7, 11) is -1.66. The predicted molar refractivity (Wildman–Crippen MR) is 94.8 cm³/mol. The van der Waals surface area contributed by atoms with Crippen molar-refractivity contribution in [2.75, 3.05) is 0 Å². The molecule has 1 aliphatic rings. The number of allylic oxidation sites excluding steroid dienone is 1. The molecule has 1 rings (SSSR count). The fraction of sp³-hybridized carbons (Fsp3) is 0.867. The lowest BCUT2D eigenvalue weighted by Crippen LogP contribution is -2.56. The van der Waals surface area contributed by atoms with Crippen LogP contribution in [0.3, 0.4) is 0 Å². The van der Waals surface area contributed by atoms with Crippen molar-refractivity contribution in [2.45, 2.75) is 74.4 Å². The van der Waals surface area contributed by atoms with Crippen molar-refractivity contribution in [1.82, 2.24) is 0 Å². The summed E-state index contributed by atoms with van der Waals surface area (Å²) in [6, 6.07) is 0. The summed E-state index contributed by atoms with van der Waals surface area (Å²) in [5.41, 5.74) is 1.77. The molecule has 0 heterocycles. The number of hydrogen-bond acceptors (Lipinski definition) is 1. The lowest BCUT2D eigenvalue weighted by molar-refractivity contribution is 0.0276. The van der Waals surface area contributed by atoms with Gasteiger partial charge in [-0.3, -0.25) is 0 Å². The van der Waals surface area contributed by atoms with Crippen molar-refractivity contribution < 1.29 is 4.43 Å². The Morgan fingerprint density at radius 2 is 1.89 bits per heavy atom. The van der Waals surface area contributed by atoms with E-state index in [-0.39, 0.29) is 8.83 Å². The molecule has 1 saturated carbocycles. The van der Waals surface area contributed by atoms with Crippen LogP contribution in [0.15, 0.2) is 12.2 Å². The second kappa shape index (κ2) is 5.94. The van der Waals surface area contributed by atoms with Gasteiger partial charge in [-0.25, -0.2) is 0 Å². The highest BCUT2D eigenvalue weighted by molar-refractivity contribution is 9.25. The highest BCUT2D eigenvalue weighted by Crippen LogP contribution is 2.54. The first-order valence-corrected chi connectivity index (χ1v) is 11.7. The number of rotatable bonds is 4. The van der Waals surface area contributed by atoms with E-state index in [4.69, 9.17) is 4.43 Å². The highest BCUT2D eigenvalue weighted by atomic mass is 79.9. The van der Waals surface area contributed by atoms with Crippen LogP contribution in [0, 0.1) is 5.92 Å². The van der Waals surface area contributed by atoms with E-state index in [1.165, 1.54) is 12.0 Å². The summed E-state index contributed by atoms with van der Waals surface area (Å²) < 4.78 is 6.54. The van der Waals surface area contributed by atoms with Crippen LogP contribution in [0.5, 0.6) is 0 Å². The molecule has 0 saturated heterocycles. The SMILES string of the molecule is C=C(C)[C@H]1CC[C@@](C)(O[Si](C)(C)C(C)C)C(Br)(Br)C1. The Labute approximate surface area is 137 Å². The largest absolute Gasteiger partial charge is 0.410 e. The van der Waals surface area contributed by atoms with Crippen molar-refractivity contribution in [3.05, 3.63) is 12.2 Å². The monoisotopic (exact) mass is 410 g/mol. The Morgan fingerprint density at radius 1 is 1.37 bits per heavy atom. The zero-order valence-electron chi connectivity index (χ0n) is 13.1. The normalized spacial score (nSPS) is 31.5. The molecule has 0 unspecified atom stereocenters. The van der Waals surface area contributed by atoms with E-state index in [0.29, 0.717) is 11.5 Å². The quantitative estimate of drug-likeness (QED) is 0.302. The summed E-state index contributed by atoms with van der Waals surface area (Å²) in [5.74, 6) is 0.583. The zero-order chi connectivity index (χ0) is 15.1. The third-order valence-electron chi connectivity index (χ3n) is 4.82. The van der Waals surface area contributed by atoms with Crippen LogP contribution < -0.4 is 0 Å². The molecule has 0 aliphatic heterocycles. The molecule has 4 heteroatoms. The Balaban J connectivity index is 2.91. The molecule has 0 bridgehead atoms. The molecular formula is C15H28Br2OSi. The smallest absolute Gasteiger partial charge is 0.190 e. The van der Waals surface area contributed by atoms with Crippen molar-refractivity contribution in [1.29, 1.82) is 0 Å². The average molecular weight is 412 g/mol. The first-order chi connectivity index (χ1) is 8.41. The van der Waals surface area contributed by atoms with E-state index in [2.05, 4.69) is 79.2 Å². The second-order valence-electron chi connectivity index (χ2n) is 7.08. The Kier molecular flexibility index (Phi) is 5.60. The van der Waals surface area contributed by atoms with Crippen molar-refractivity contribution in [2.24, 2.45) is 5.92 Å². The highest BCUT2D eigenvalue weighted by Gasteiger charge is 2.52. The summed E-state index contributed by atoms with van der Waals surface area (Å²) in [6.45, 7) is 17.7. The molecule has 1 fully saturated rings. The lowest BCUT2D eigenvalue weighted by atomic mass is 9.77. The molecule has 0 amide bonds. The van der Waals surface area contributed by atoms with Gasteiger partial charge in [0.15, 0.2) is 8.32 Å². The van der Waals surface area contributed by atoms with Gasteiger partial charge in [0.25, 0.3) is 0 Å². The van der Waals surface area contributed by atoms with Gasteiger partial charge in [0, 0.05) is 0 Å². The van der Waals surface area contributed by atoms with Gasteiger partial charge in [0.1, 0.15) is 3.23 Å². The molecule has 0 aromatic heterocycles. The maximum Gasteiger partial charge on any atom is 0.190 e. The van der Waals surface area contributed by atoms with Crippen LogP contribution in [-0.2, 0) is 4.43 Å². The van der Waals surface area contributed by atoms with Gasteiger partial charge in [-0.05, 0) is 57.7 Å². The first kappa shape index (κ1) is 17.9. The van der Waals surface area contributed by atoms with E-state index in [1.807, 2.05) is 0 Å². The molecule has 112 valence electrons. The minimum atomic E-state index is -1.66. The van der Waals surface area contributed by atoms with Crippen LogP contribution >= 0.6 is 31.9 Å². The molecule has 1 aliphatic carbocycles. The van der Waals surface area contributed by atoms with Gasteiger partial charge in [0.2, 0.25) is 0 Å². The van der Waals surface area contributed by atoms with Gasteiger partial charge < -0.3 is 4.43 Å². The van der Waals surface area contributed by atoms with Crippen molar-refractivity contribution in [3.8, 4) is 0 Å². The van der Waals surface area contributed by atoms with E-state index in [1.54, 1.807) is 0 Å². The van der Waals surface area contributed by atoms with Crippen LogP contribution in [-0.4, -0.2) is 17.2 Å². The molecule has 0 radical (unpaired) electrons. The van der Waals surface area contributed by atoms with Gasteiger partial charge in [-0.1, -0.05) is 57.9 Å². The minimum Gasteiger partial charge on any atom is -0.410 e. The van der Waals surface area contributed by atoms with E-state index in [0.717, 1.165) is 12.8 Å². The molecule has 0 N–H and O–H groups in total. The number of alkyl halides is 2. The van der Waals surface area contributed by atoms with Crippen molar-refractivity contribution in [3.63, 3.8) is 0 Å². The fourth-order valence-electron chi connectivity index (χ4n) is 2.50. The van der Waals surface area contributed by atoms with E-state index in [9.17, 15) is 0 Å². The topological polar surface area (TPSA) is 9.23 Å². The third kappa shape index (κ3) is 3.95. The van der Waals surface area contributed by atoms with Crippen LogP contribution in [0.4, 0.5) is 0 Å². The van der Waals surface area contributed by atoms with Crippen LogP contribution in [0.1, 0.15) is 47.0 Å². The lowest BCUT2D eigenvalue weighted by Gasteiger charge is -2.51. The summed E-state index contributed by atoms with van der Waals surface area (Å²) >= 11 is 7.80. The van der Waals surface area contributed by atoms with Gasteiger partial charge in [0.05, 0.1) is 5.60 Å². The Morgan fingerprint density at radius 3 is 2.26 bits per heavy atom. The van der Waals surface area contributed by atoms with Gasteiger partial charge >= 0.3 is 0 Å². The standard InChI is InChI=1S/C15H28Br2OSi/c1-11(2)13-8-9-14(5,15(16,17)10-13)18-19(6,7)12(3)4/h12-13H,1,8-10H2,2-7H3/t13-,14+/m0/s1. The number of hydrogen-bond donors (Lipinski definition) is 0. The third-order valence-corrected chi connectivity index (χ3v) is 10.9. The van der Waals surface area contributed by atoms with Gasteiger partial charge in [-0.15, -0.1) is 0 Å². The summed E-state index contributed by atoms with van der Waals surface area (Å²) in [6.07, 6.45) is 3.29. The molecule has 1 nitrogen and oxygen atoms in total. The fourth-order valence-corrected chi connectivity index (χ4v) is 5.82. The van der Waals surface area contributed by atoms with Gasteiger partial charge in [-0.2, -0.15) is 0 Å². The number of halogens is 2. The first-order valence-electron chi connectivity index (χ1n) is 7.15. The molecule has 0 aromatic carbocycles. The maximum atomic E-state index is 6.69. The Hall–Kier alpha value is 0.877. The van der Waals surface area contributed by atoms with E-state index < -0.39 is 8.32 Å². The summed E-state index contributed by atoms with van der Waals surface area (Å²) in [5, 5.41) is 0. The molecule has 0 aromatic rings. The van der Waals surface area contributed by atoms with E-state index >= 15 is 0 Å². The molecule has 0 spiro atoms. The molecular weight excluding hydrogens is 384 g/mol. The van der Waals surface area contributed by atoms with Crippen molar-refractivity contribution >= 4 is 40.2 Å². The predicted octanol–water partition coefficient (Wildman–Crippen LogP) is 6.24. The zero-order valence-corrected chi connectivity index (χ0v) is 17.3. The minimum absolute atomic E-state index is 0.140.